The fourth-order valence-corrected chi connectivity index (χ4v) is 3.56. The third-order valence-corrected chi connectivity index (χ3v) is 5.13. The molecule has 0 saturated heterocycles. The molecule has 0 spiro atoms. The average molecular weight is 494 g/mol. The Bertz CT molecular complexity index is 1310. The summed E-state index contributed by atoms with van der Waals surface area (Å²) in [7, 11) is 0. The molecule has 0 aliphatic rings. The summed E-state index contributed by atoms with van der Waals surface area (Å²) in [6.45, 7) is 4.10. The molecular weight excluding hydrogens is 472 g/mol. The molecule has 4 aromatic rings. The Morgan fingerprint density at radius 3 is 2.37 bits per heavy atom. The number of alkyl halides is 3. The van der Waals surface area contributed by atoms with Crippen molar-refractivity contribution in [2.75, 3.05) is 0 Å². The maximum absolute atomic E-state index is 13.6. The van der Waals surface area contributed by atoms with Crippen molar-refractivity contribution in [2.45, 2.75) is 33.0 Å². The molecule has 2 heterocycles. The van der Waals surface area contributed by atoms with Crippen LogP contribution in [0.25, 0.3) is 22.8 Å². The van der Waals surface area contributed by atoms with E-state index in [0.29, 0.717) is 18.5 Å². The summed E-state index contributed by atoms with van der Waals surface area (Å²) in [5.41, 5.74) is 1.17. The predicted octanol–water partition coefficient (Wildman–Crippen LogP) is 4.92. The van der Waals surface area contributed by atoms with Gasteiger partial charge in [-0.3, -0.25) is 4.68 Å². The molecule has 11 heteroatoms. The number of hydrogen-bond donors (Lipinski definition) is 1. The van der Waals surface area contributed by atoms with Gasteiger partial charge in [0.15, 0.2) is 5.69 Å². The van der Waals surface area contributed by atoms with E-state index >= 15 is 0 Å². The molecule has 0 saturated carbocycles. The summed E-state index contributed by atoms with van der Waals surface area (Å²) in [5.74, 6) is -0.775. The first-order valence-corrected chi connectivity index (χ1v) is 10.5. The second kappa shape index (κ2) is 10.8. The molecule has 0 radical (unpaired) electrons. The van der Waals surface area contributed by atoms with Gasteiger partial charge in [0.1, 0.15) is 0 Å². The molecule has 0 atom stereocenters. The number of nitrogens with zero attached hydrogens (tertiary/aromatic N) is 4. The van der Waals surface area contributed by atoms with E-state index in [-0.39, 0.29) is 64.0 Å². The first-order chi connectivity index (χ1) is 16.1. The van der Waals surface area contributed by atoms with E-state index < -0.39 is 17.7 Å². The Morgan fingerprint density at radius 2 is 1.77 bits per heavy atom. The van der Waals surface area contributed by atoms with Gasteiger partial charge in [-0.05, 0) is 41.7 Å². The van der Waals surface area contributed by atoms with Crippen LogP contribution in [0.1, 0.15) is 41.0 Å². The zero-order valence-electron chi connectivity index (χ0n) is 18.4. The molecule has 35 heavy (non-hydrogen) atoms. The topological polar surface area (TPSA) is 94.0 Å². The number of carboxylic acids is 1. The van der Waals surface area contributed by atoms with Gasteiger partial charge in [-0.1, -0.05) is 49.3 Å². The van der Waals surface area contributed by atoms with Gasteiger partial charge < -0.3 is 9.63 Å². The summed E-state index contributed by atoms with van der Waals surface area (Å²) < 4.78 is 47.5. The number of aromatic carboxylic acids is 1. The van der Waals surface area contributed by atoms with Gasteiger partial charge in [-0.25, -0.2) is 4.79 Å². The van der Waals surface area contributed by atoms with Crippen molar-refractivity contribution < 1.29 is 27.6 Å². The van der Waals surface area contributed by atoms with Gasteiger partial charge in [-0.15, -0.1) is 0 Å². The van der Waals surface area contributed by atoms with Gasteiger partial charge in [0, 0.05) is 17.3 Å². The second-order valence-electron chi connectivity index (χ2n) is 8.29. The van der Waals surface area contributed by atoms with E-state index in [4.69, 9.17) is 9.63 Å². The normalized spacial score (nSPS) is 11.5. The first-order valence-electron chi connectivity index (χ1n) is 10.5. The van der Waals surface area contributed by atoms with Crippen molar-refractivity contribution in [3.8, 4) is 22.8 Å². The molecule has 2 aromatic carbocycles. The molecule has 0 aliphatic carbocycles. The quantitative estimate of drug-likeness (QED) is 0.367. The van der Waals surface area contributed by atoms with Gasteiger partial charge in [-0.2, -0.15) is 23.3 Å². The van der Waals surface area contributed by atoms with Gasteiger partial charge >= 0.3 is 41.7 Å². The van der Waals surface area contributed by atoms with Gasteiger partial charge in [0.2, 0.25) is 5.82 Å². The van der Waals surface area contributed by atoms with E-state index in [1.165, 1.54) is 16.8 Å². The summed E-state index contributed by atoms with van der Waals surface area (Å²) in [6, 6.07) is 12.6. The fraction of sp³-hybridized carbons (Fsp3) is 0.250. The van der Waals surface area contributed by atoms with Crippen LogP contribution >= 0.6 is 0 Å². The van der Waals surface area contributed by atoms with E-state index in [2.05, 4.69) is 15.2 Å². The molecular formula is C24H22F3N4NaO3. The predicted molar refractivity (Wildman–Crippen MR) is 124 cm³/mol. The number of rotatable bonds is 7. The van der Waals surface area contributed by atoms with E-state index in [0.717, 1.165) is 11.6 Å². The maximum atomic E-state index is 13.6. The van der Waals surface area contributed by atoms with Crippen molar-refractivity contribution in [3.63, 3.8) is 0 Å². The van der Waals surface area contributed by atoms with E-state index in [1.54, 1.807) is 36.5 Å². The van der Waals surface area contributed by atoms with Crippen LogP contribution < -0.4 is 0 Å². The van der Waals surface area contributed by atoms with Crippen LogP contribution in [-0.2, 0) is 19.1 Å². The molecule has 0 fully saturated rings. The van der Waals surface area contributed by atoms with Crippen LogP contribution in [-0.4, -0.2) is 60.6 Å². The number of benzene rings is 2. The Kier molecular flexibility index (Phi) is 8.19. The number of carbonyl (C=O) groups is 1. The Balaban J connectivity index is 0.00000342. The fourth-order valence-electron chi connectivity index (χ4n) is 3.56. The molecule has 0 unspecified atom stereocenters. The van der Waals surface area contributed by atoms with Crippen LogP contribution in [0, 0.1) is 5.92 Å². The molecule has 0 bridgehead atoms. The minimum atomic E-state index is -4.49. The minimum absolute atomic E-state index is 0. The molecule has 7 nitrogen and oxygen atoms in total. The molecule has 0 amide bonds. The summed E-state index contributed by atoms with van der Waals surface area (Å²) >= 11 is 0. The van der Waals surface area contributed by atoms with Crippen molar-refractivity contribution in [2.24, 2.45) is 5.92 Å². The number of hydrogen-bond acceptors (Lipinski definition) is 5. The Labute approximate surface area is 221 Å². The Morgan fingerprint density at radius 1 is 1.09 bits per heavy atom. The standard InChI is InChI=1S/C24H21F3N4O3.Na.H/c1-14(2)11-17-7-8-18(12-19(17)24(25,26)27)22-28-21(30-34-22)16-5-3-15(4-6-16)13-31-10-9-20(29-31)23(32)33;;/h3-10,12,14H,11,13H2,1-2H3,(H,32,33);;. The first kappa shape index (κ1) is 26.7. The third kappa shape index (κ3) is 6.39. The van der Waals surface area contributed by atoms with Crippen molar-refractivity contribution in [3.05, 3.63) is 77.1 Å². The van der Waals surface area contributed by atoms with Crippen LogP contribution in [0.2, 0.25) is 0 Å². The van der Waals surface area contributed by atoms with Crippen molar-refractivity contribution >= 4 is 35.5 Å². The molecule has 4 rings (SSSR count). The molecule has 1 N–H and O–H groups in total. The SMILES string of the molecule is CC(C)Cc1ccc(-c2nc(-c3ccc(Cn4ccc(C(=O)O)n4)cc3)no2)cc1C(F)(F)F.[NaH]. The summed E-state index contributed by atoms with van der Waals surface area (Å²) in [4.78, 5) is 15.2. The second-order valence-corrected chi connectivity index (χ2v) is 8.29. The number of aromatic nitrogens is 4. The van der Waals surface area contributed by atoms with Crippen LogP contribution in [0.5, 0.6) is 0 Å². The molecule has 2 aromatic heterocycles. The van der Waals surface area contributed by atoms with Gasteiger partial charge in [0.05, 0.1) is 12.1 Å². The van der Waals surface area contributed by atoms with Crippen molar-refractivity contribution in [1.29, 1.82) is 0 Å². The summed E-state index contributed by atoms with van der Waals surface area (Å²) in [5, 5.41) is 16.8. The molecule has 178 valence electrons. The third-order valence-electron chi connectivity index (χ3n) is 5.13. The van der Waals surface area contributed by atoms with Crippen LogP contribution in [0.3, 0.4) is 0 Å². The van der Waals surface area contributed by atoms with Crippen molar-refractivity contribution in [1.82, 2.24) is 19.9 Å². The average Bonchev–Trinajstić information content (AvgIpc) is 3.44. The number of halogens is 3. The van der Waals surface area contributed by atoms with Gasteiger partial charge in [0.25, 0.3) is 5.89 Å². The monoisotopic (exact) mass is 494 g/mol. The zero-order chi connectivity index (χ0) is 24.5. The van der Waals surface area contributed by atoms with Crippen LogP contribution in [0.4, 0.5) is 13.2 Å². The van der Waals surface area contributed by atoms with E-state index in [9.17, 15) is 18.0 Å². The summed E-state index contributed by atoms with van der Waals surface area (Å²) in [6.07, 6.45) is -2.60. The molecule has 0 aliphatic heterocycles. The Hall–Kier alpha value is -2.95. The number of carboxylic acid groups (broad SMARTS) is 1. The zero-order valence-corrected chi connectivity index (χ0v) is 18.4. The van der Waals surface area contributed by atoms with Crippen LogP contribution in [0.15, 0.2) is 59.3 Å². The van der Waals surface area contributed by atoms with E-state index in [1.807, 2.05) is 13.8 Å².